The van der Waals surface area contributed by atoms with Crippen LogP contribution < -0.4 is 0 Å². The van der Waals surface area contributed by atoms with Crippen LogP contribution in [0.3, 0.4) is 0 Å². The number of allylic oxidation sites excluding steroid dienone is 4. The molecule has 0 atom stereocenters. The van der Waals surface area contributed by atoms with Crippen LogP contribution in [0.2, 0.25) is 0 Å². The zero-order chi connectivity index (χ0) is 9.97. The zero-order valence-corrected chi connectivity index (χ0v) is 7.31. The maximum Gasteiger partial charge on any atom is 0.186 e. The summed E-state index contributed by atoms with van der Waals surface area (Å²) in [6.07, 6.45) is 7.08. The minimum atomic E-state index is -0.156. The minimum absolute atomic E-state index is 0.143. The second kappa shape index (κ2) is 3.38. The monoisotopic (exact) mass is 185 g/mol. The molecule has 0 fully saturated rings. The molecule has 2 rings (SSSR count). The van der Waals surface area contributed by atoms with E-state index in [-0.39, 0.29) is 11.6 Å². The van der Waals surface area contributed by atoms with Gasteiger partial charge in [-0.3, -0.25) is 14.6 Å². The van der Waals surface area contributed by atoms with Crippen LogP contribution in [-0.4, -0.2) is 16.6 Å². The number of nitrogens with zero attached hydrogens (tertiary/aromatic N) is 1. The van der Waals surface area contributed by atoms with Gasteiger partial charge < -0.3 is 0 Å². The maximum atomic E-state index is 11.4. The summed E-state index contributed by atoms with van der Waals surface area (Å²) in [6.45, 7) is 0. The fourth-order valence-electron chi connectivity index (χ4n) is 1.27. The number of rotatable bonds is 1. The standard InChI is InChI=1S/C11H7NO2/c13-9-1-2-11(14)10(7-9)8-3-5-12-6-4-8/h1-7H. The van der Waals surface area contributed by atoms with E-state index in [0.29, 0.717) is 5.57 Å². The molecule has 14 heavy (non-hydrogen) atoms. The van der Waals surface area contributed by atoms with E-state index in [0.717, 1.165) is 5.56 Å². The van der Waals surface area contributed by atoms with Crippen molar-refractivity contribution in [2.75, 3.05) is 0 Å². The molecule has 3 nitrogen and oxygen atoms in total. The highest BCUT2D eigenvalue weighted by atomic mass is 16.1. The Morgan fingerprint density at radius 2 is 1.71 bits per heavy atom. The largest absolute Gasteiger partial charge is 0.290 e. The quantitative estimate of drug-likeness (QED) is 0.617. The third-order valence-electron chi connectivity index (χ3n) is 1.94. The van der Waals surface area contributed by atoms with Crippen molar-refractivity contribution in [1.29, 1.82) is 0 Å². The predicted octanol–water partition coefficient (Wildman–Crippen LogP) is 1.17. The van der Waals surface area contributed by atoms with E-state index in [9.17, 15) is 9.59 Å². The number of pyridine rings is 1. The number of ketones is 2. The number of hydrogen-bond donors (Lipinski definition) is 0. The molecular weight excluding hydrogens is 178 g/mol. The van der Waals surface area contributed by atoms with E-state index in [2.05, 4.69) is 4.98 Å². The third kappa shape index (κ3) is 1.52. The Hall–Kier alpha value is -2.03. The molecule has 0 amide bonds. The molecule has 0 saturated carbocycles. The second-order valence-corrected chi connectivity index (χ2v) is 2.89. The molecule has 1 aliphatic rings. The molecule has 1 aromatic heterocycles. The lowest BCUT2D eigenvalue weighted by molar-refractivity contribution is -0.113. The van der Waals surface area contributed by atoms with E-state index >= 15 is 0 Å². The Morgan fingerprint density at radius 3 is 2.43 bits per heavy atom. The summed E-state index contributed by atoms with van der Waals surface area (Å²) in [4.78, 5) is 26.3. The maximum absolute atomic E-state index is 11.4. The lowest BCUT2D eigenvalue weighted by Gasteiger charge is -2.05. The fraction of sp³-hybridized carbons (Fsp3) is 0. The molecule has 0 bridgehead atoms. The summed E-state index contributed by atoms with van der Waals surface area (Å²) >= 11 is 0. The second-order valence-electron chi connectivity index (χ2n) is 2.89. The van der Waals surface area contributed by atoms with Gasteiger partial charge in [-0.25, -0.2) is 0 Å². The van der Waals surface area contributed by atoms with Crippen molar-refractivity contribution in [2.24, 2.45) is 0 Å². The lowest BCUT2D eigenvalue weighted by Crippen LogP contribution is -2.06. The molecule has 3 heteroatoms. The normalized spacial score (nSPS) is 15.6. The number of carbonyl (C=O) groups is 2. The van der Waals surface area contributed by atoms with Gasteiger partial charge in [0.1, 0.15) is 0 Å². The van der Waals surface area contributed by atoms with Crippen molar-refractivity contribution in [3.8, 4) is 0 Å². The van der Waals surface area contributed by atoms with Gasteiger partial charge in [0.05, 0.1) is 0 Å². The molecule has 0 radical (unpaired) electrons. The summed E-state index contributed by atoms with van der Waals surface area (Å²) in [6, 6.07) is 3.41. The van der Waals surface area contributed by atoms with Gasteiger partial charge >= 0.3 is 0 Å². The topological polar surface area (TPSA) is 47.0 Å². The lowest BCUT2D eigenvalue weighted by atomic mass is 9.97. The molecule has 0 aromatic carbocycles. The van der Waals surface area contributed by atoms with Crippen LogP contribution in [0.15, 0.2) is 42.8 Å². The Labute approximate surface area is 80.8 Å². The Balaban J connectivity index is 2.45. The summed E-state index contributed by atoms with van der Waals surface area (Å²) < 4.78 is 0. The molecule has 1 aliphatic carbocycles. The molecule has 0 aliphatic heterocycles. The van der Waals surface area contributed by atoms with E-state index < -0.39 is 0 Å². The van der Waals surface area contributed by atoms with Crippen LogP contribution in [0.25, 0.3) is 5.57 Å². The van der Waals surface area contributed by atoms with Crippen LogP contribution in [0, 0.1) is 0 Å². The predicted molar refractivity (Wildman–Crippen MR) is 51.4 cm³/mol. The average molecular weight is 185 g/mol. The van der Waals surface area contributed by atoms with Crippen molar-refractivity contribution >= 4 is 17.1 Å². The highest BCUT2D eigenvalue weighted by Gasteiger charge is 2.14. The third-order valence-corrected chi connectivity index (χ3v) is 1.94. The van der Waals surface area contributed by atoms with Crippen molar-refractivity contribution in [3.63, 3.8) is 0 Å². The van der Waals surface area contributed by atoms with Crippen molar-refractivity contribution in [3.05, 3.63) is 48.3 Å². The molecule has 0 unspecified atom stereocenters. The molecule has 0 N–H and O–H groups in total. The molecule has 1 heterocycles. The summed E-state index contributed by atoms with van der Waals surface area (Å²) in [5.74, 6) is -0.299. The number of carbonyl (C=O) groups excluding carboxylic acids is 2. The highest BCUT2D eigenvalue weighted by Crippen LogP contribution is 2.17. The molecule has 68 valence electrons. The molecule has 0 saturated heterocycles. The number of hydrogen-bond acceptors (Lipinski definition) is 3. The first-order chi connectivity index (χ1) is 6.77. The van der Waals surface area contributed by atoms with Crippen LogP contribution in [0.4, 0.5) is 0 Å². The Kier molecular flexibility index (Phi) is 2.07. The van der Waals surface area contributed by atoms with Gasteiger partial charge in [0.25, 0.3) is 0 Å². The highest BCUT2D eigenvalue weighted by molar-refractivity contribution is 6.33. The Morgan fingerprint density at radius 1 is 1.00 bits per heavy atom. The van der Waals surface area contributed by atoms with Crippen molar-refractivity contribution in [2.45, 2.75) is 0 Å². The van der Waals surface area contributed by atoms with Gasteiger partial charge in [-0.2, -0.15) is 0 Å². The molecule has 0 spiro atoms. The van der Waals surface area contributed by atoms with E-state index in [1.165, 1.54) is 18.2 Å². The summed E-state index contributed by atoms with van der Waals surface area (Å²) in [5.41, 5.74) is 1.16. The first-order valence-electron chi connectivity index (χ1n) is 4.16. The van der Waals surface area contributed by atoms with Gasteiger partial charge in [0, 0.05) is 18.0 Å². The first kappa shape index (κ1) is 8.56. The summed E-state index contributed by atoms with van der Waals surface area (Å²) in [7, 11) is 0. The van der Waals surface area contributed by atoms with E-state index in [1.54, 1.807) is 24.5 Å². The van der Waals surface area contributed by atoms with E-state index in [1.807, 2.05) is 0 Å². The molecule has 1 aromatic rings. The van der Waals surface area contributed by atoms with Gasteiger partial charge in [0.2, 0.25) is 0 Å². The van der Waals surface area contributed by atoms with Crippen molar-refractivity contribution < 1.29 is 9.59 Å². The first-order valence-corrected chi connectivity index (χ1v) is 4.16. The average Bonchev–Trinajstić information content (AvgIpc) is 2.23. The van der Waals surface area contributed by atoms with Gasteiger partial charge in [-0.15, -0.1) is 0 Å². The van der Waals surface area contributed by atoms with Crippen LogP contribution in [0.1, 0.15) is 5.56 Å². The van der Waals surface area contributed by atoms with E-state index in [4.69, 9.17) is 0 Å². The van der Waals surface area contributed by atoms with Crippen LogP contribution in [-0.2, 0) is 9.59 Å². The van der Waals surface area contributed by atoms with Crippen LogP contribution >= 0.6 is 0 Å². The zero-order valence-electron chi connectivity index (χ0n) is 7.31. The van der Waals surface area contributed by atoms with Gasteiger partial charge in [0.15, 0.2) is 11.6 Å². The SMILES string of the molecule is O=C1C=CC(=O)C(c2ccncc2)=C1. The smallest absolute Gasteiger partial charge is 0.186 e. The molecular formula is C11H7NO2. The van der Waals surface area contributed by atoms with Gasteiger partial charge in [-0.05, 0) is 35.9 Å². The van der Waals surface area contributed by atoms with Crippen molar-refractivity contribution in [1.82, 2.24) is 4.98 Å². The number of aromatic nitrogens is 1. The van der Waals surface area contributed by atoms with Gasteiger partial charge in [-0.1, -0.05) is 0 Å². The minimum Gasteiger partial charge on any atom is -0.290 e. The Bertz CT molecular complexity index is 444. The fourth-order valence-corrected chi connectivity index (χ4v) is 1.27. The van der Waals surface area contributed by atoms with Crippen LogP contribution in [0.5, 0.6) is 0 Å². The summed E-state index contributed by atoms with van der Waals surface area (Å²) in [5, 5.41) is 0.